The average molecular weight is 280 g/mol. The lowest BCUT2D eigenvalue weighted by Crippen LogP contribution is -2.34. The van der Waals surface area contributed by atoms with Gasteiger partial charge >= 0.3 is 0 Å². The Morgan fingerprint density at radius 1 is 1.50 bits per heavy atom. The Bertz CT molecular complexity index is 529. The summed E-state index contributed by atoms with van der Waals surface area (Å²) in [5.74, 6) is -0.607. The van der Waals surface area contributed by atoms with Crippen molar-refractivity contribution in [3.8, 4) is 0 Å². The molecule has 1 saturated carbocycles. The SMILES string of the molecule is CCCN(CC1CC1)C(=O)c1cc(F)ccc1[N+](=O)[O-]. The first kappa shape index (κ1) is 14.4. The Balaban J connectivity index is 2.28. The second-order valence-electron chi connectivity index (χ2n) is 5.11. The van der Waals surface area contributed by atoms with E-state index in [0.29, 0.717) is 19.0 Å². The summed E-state index contributed by atoms with van der Waals surface area (Å²) in [6.07, 6.45) is 2.93. The molecule has 1 amide bonds. The van der Waals surface area contributed by atoms with E-state index >= 15 is 0 Å². The molecule has 0 bridgehead atoms. The molecule has 0 radical (unpaired) electrons. The zero-order valence-corrected chi connectivity index (χ0v) is 11.3. The predicted octanol–water partition coefficient (Wildman–Crippen LogP) is 3.00. The van der Waals surface area contributed by atoms with Crippen LogP contribution in [-0.2, 0) is 0 Å². The average Bonchev–Trinajstić information content (AvgIpc) is 3.21. The zero-order chi connectivity index (χ0) is 14.7. The van der Waals surface area contributed by atoms with Crippen LogP contribution in [0.25, 0.3) is 0 Å². The molecule has 0 unspecified atom stereocenters. The van der Waals surface area contributed by atoms with Crippen molar-refractivity contribution in [3.05, 3.63) is 39.7 Å². The molecule has 1 aliphatic rings. The van der Waals surface area contributed by atoms with Gasteiger partial charge < -0.3 is 4.90 Å². The van der Waals surface area contributed by atoms with E-state index in [0.717, 1.165) is 37.5 Å². The molecule has 1 aromatic rings. The first-order valence-corrected chi connectivity index (χ1v) is 6.76. The topological polar surface area (TPSA) is 63.5 Å². The summed E-state index contributed by atoms with van der Waals surface area (Å²) < 4.78 is 13.3. The van der Waals surface area contributed by atoms with Crippen LogP contribution in [0.15, 0.2) is 18.2 Å². The van der Waals surface area contributed by atoms with Crippen molar-refractivity contribution in [2.75, 3.05) is 13.1 Å². The van der Waals surface area contributed by atoms with Gasteiger partial charge in [-0.3, -0.25) is 14.9 Å². The smallest absolute Gasteiger partial charge is 0.282 e. The van der Waals surface area contributed by atoms with Crippen LogP contribution in [0.1, 0.15) is 36.5 Å². The molecule has 0 heterocycles. The van der Waals surface area contributed by atoms with Gasteiger partial charge in [0.05, 0.1) is 4.92 Å². The van der Waals surface area contributed by atoms with E-state index in [1.165, 1.54) is 0 Å². The molecule has 2 rings (SSSR count). The lowest BCUT2D eigenvalue weighted by molar-refractivity contribution is -0.385. The van der Waals surface area contributed by atoms with Gasteiger partial charge in [0.2, 0.25) is 0 Å². The Morgan fingerprint density at radius 2 is 2.20 bits per heavy atom. The number of nitro benzene ring substituents is 1. The molecule has 6 heteroatoms. The summed E-state index contributed by atoms with van der Waals surface area (Å²) in [5, 5.41) is 11.0. The number of hydrogen-bond acceptors (Lipinski definition) is 3. The molecule has 1 fully saturated rings. The van der Waals surface area contributed by atoms with Gasteiger partial charge in [-0.25, -0.2) is 4.39 Å². The van der Waals surface area contributed by atoms with Gasteiger partial charge in [0.25, 0.3) is 11.6 Å². The van der Waals surface area contributed by atoms with Crippen LogP contribution in [0.4, 0.5) is 10.1 Å². The van der Waals surface area contributed by atoms with Crippen molar-refractivity contribution in [2.45, 2.75) is 26.2 Å². The Kier molecular flexibility index (Phi) is 4.32. The normalized spacial score (nSPS) is 14.1. The number of rotatable bonds is 6. The standard InChI is InChI=1S/C14H17FN2O3/c1-2-7-16(9-10-3-4-10)14(18)12-8-11(15)5-6-13(12)17(19)20/h5-6,8,10H,2-4,7,9H2,1H3. The van der Waals surface area contributed by atoms with Crippen LogP contribution in [-0.4, -0.2) is 28.8 Å². The van der Waals surface area contributed by atoms with Crippen molar-refractivity contribution < 1.29 is 14.1 Å². The maximum absolute atomic E-state index is 13.3. The third-order valence-electron chi connectivity index (χ3n) is 3.34. The van der Waals surface area contributed by atoms with Crippen LogP contribution in [0.3, 0.4) is 0 Å². The van der Waals surface area contributed by atoms with Gasteiger partial charge in [-0.05, 0) is 37.3 Å². The second kappa shape index (κ2) is 5.98. The maximum Gasteiger partial charge on any atom is 0.282 e. The molecular formula is C14H17FN2O3. The molecule has 1 aromatic carbocycles. The van der Waals surface area contributed by atoms with Gasteiger partial charge in [-0.1, -0.05) is 6.92 Å². The van der Waals surface area contributed by atoms with Crippen molar-refractivity contribution in [1.29, 1.82) is 0 Å². The number of benzene rings is 1. The molecule has 5 nitrogen and oxygen atoms in total. The van der Waals surface area contributed by atoms with E-state index in [1.54, 1.807) is 4.90 Å². The van der Waals surface area contributed by atoms with E-state index in [-0.39, 0.29) is 11.3 Å². The molecule has 0 aromatic heterocycles. The van der Waals surface area contributed by atoms with E-state index in [2.05, 4.69) is 0 Å². The van der Waals surface area contributed by atoms with Crippen molar-refractivity contribution >= 4 is 11.6 Å². The van der Waals surface area contributed by atoms with Crippen molar-refractivity contribution in [1.82, 2.24) is 4.90 Å². The first-order valence-electron chi connectivity index (χ1n) is 6.76. The molecule has 0 atom stereocenters. The van der Waals surface area contributed by atoms with E-state index < -0.39 is 16.6 Å². The van der Waals surface area contributed by atoms with Crippen molar-refractivity contribution in [3.63, 3.8) is 0 Å². The molecular weight excluding hydrogens is 263 g/mol. The third kappa shape index (κ3) is 3.31. The number of carbonyl (C=O) groups excluding carboxylic acids is 1. The largest absolute Gasteiger partial charge is 0.338 e. The van der Waals surface area contributed by atoms with Gasteiger partial charge in [0, 0.05) is 19.2 Å². The van der Waals surface area contributed by atoms with Gasteiger partial charge in [-0.15, -0.1) is 0 Å². The minimum atomic E-state index is -0.645. The molecule has 0 saturated heterocycles. The fourth-order valence-corrected chi connectivity index (χ4v) is 2.17. The number of nitrogens with zero attached hydrogens (tertiary/aromatic N) is 2. The highest BCUT2D eigenvalue weighted by molar-refractivity contribution is 5.98. The van der Waals surface area contributed by atoms with Crippen LogP contribution in [0, 0.1) is 21.8 Å². The van der Waals surface area contributed by atoms with Crippen molar-refractivity contribution in [2.24, 2.45) is 5.92 Å². The Morgan fingerprint density at radius 3 is 2.75 bits per heavy atom. The number of nitro groups is 1. The van der Waals surface area contributed by atoms with Crippen LogP contribution in [0.5, 0.6) is 0 Å². The fraction of sp³-hybridized carbons (Fsp3) is 0.500. The highest BCUT2D eigenvalue weighted by atomic mass is 19.1. The van der Waals surface area contributed by atoms with E-state index in [4.69, 9.17) is 0 Å². The van der Waals surface area contributed by atoms with E-state index in [9.17, 15) is 19.3 Å². The molecule has 20 heavy (non-hydrogen) atoms. The molecule has 0 N–H and O–H groups in total. The minimum absolute atomic E-state index is 0.163. The molecule has 0 aliphatic heterocycles. The summed E-state index contributed by atoms with van der Waals surface area (Å²) in [7, 11) is 0. The number of amides is 1. The van der Waals surface area contributed by atoms with Crippen LogP contribution in [0.2, 0.25) is 0 Å². The molecule has 1 aliphatic carbocycles. The Hall–Kier alpha value is -1.98. The van der Waals surface area contributed by atoms with Gasteiger partial charge in [0.1, 0.15) is 11.4 Å². The quantitative estimate of drug-likeness (QED) is 0.594. The van der Waals surface area contributed by atoms with Gasteiger partial charge in [0.15, 0.2) is 0 Å². The maximum atomic E-state index is 13.3. The summed E-state index contributed by atoms with van der Waals surface area (Å²) >= 11 is 0. The van der Waals surface area contributed by atoms with Crippen LogP contribution >= 0.6 is 0 Å². The summed E-state index contributed by atoms with van der Waals surface area (Å²) in [6, 6.07) is 3.00. The first-order chi connectivity index (χ1) is 9.52. The second-order valence-corrected chi connectivity index (χ2v) is 5.11. The summed E-state index contributed by atoms with van der Waals surface area (Å²) in [5.41, 5.74) is -0.502. The van der Waals surface area contributed by atoms with Crippen LogP contribution < -0.4 is 0 Å². The monoisotopic (exact) mass is 280 g/mol. The summed E-state index contributed by atoms with van der Waals surface area (Å²) in [6.45, 7) is 3.07. The third-order valence-corrected chi connectivity index (χ3v) is 3.34. The highest BCUT2D eigenvalue weighted by Gasteiger charge is 2.30. The number of halogens is 1. The Labute approximate surface area is 116 Å². The summed E-state index contributed by atoms with van der Waals surface area (Å²) in [4.78, 5) is 24.3. The zero-order valence-electron chi connectivity index (χ0n) is 11.3. The lowest BCUT2D eigenvalue weighted by Gasteiger charge is -2.22. The lowest BCUT2D eigenvalue weighted by atomic mass is 10.1. The molecule has 0 spiro atoms. The minimum Gasteiger partial charge on any atom is -0.338 e. The number of carbonyl (C=O) groups is 1. The number of hydrogen-bond donors (Lipinski definition) is 0. The fourth-order valence-electron chi connectivity index (χ4n) is 2.17. The molecule has 108 valence electrons. The van der Waals surface area contributed by atoms with E-state index in [1.807, 2.05) is 6.92 Å². The highest BCUT2D eigenvalue weighted by Crippen LogP contribution is 2.31. The van der Waals surface area contributed by atoms with Gasteiger partial charge in [-0.2, -0.15) is 0 Å². The predicted molar refractivity (Wildman–Crippen MR) is 72.0 cm³/mol.